The van der Waals surface area contributed by atoms with Crippen LogP contribution in [-0.4, -0.2) is 47.0 Å². The summed E-state index contributed by atoms with van der Waals surface area (Å²) < 4.78 is 59.1. The van der Waals surface area contributed by atoms with Crippen LogP contribution in [0.2, 0.25) is 0 Å². The first-order valence-electron chi connectivity index (χ1n) is 2.32. The summed E-state index contributed by atoms with van der Waals surface area (Å²) in [5.74, 6) is 0. The normalized spacial score (nSPS) is 18.7. The molecule has 12 heavy (non-hydrogen) atoms. The molecule has 0 saturated carbocycles. The predicted octanol–water partition coefficient (Wildman–Crippen LogP) is -3.29. The van der Waals surface area contributed by atoms with Crippen LogP contribution in [0.1, 0.15) is 0 Å². The first kappa shape index (κ1) is 11.7. The Morgan fingerprint density at radius 3 is 1.08 bits per heavy atom. The Kier molecular flexibility index (Phi) is 3.17. The maximum atomic E-state index is 9.85. The van der Waals surface area contributed by atoms with Gasteiger partial charge < -0.3 is 19.3 Å². The lowest BCUT2D eigenvalue weighted by molar-refractivity contribution is 0.106. The molecule has 10 heteroatoms. The zero-order valence-corrected chi connectivity index (χ0v) is 6.95. The largest absolute Gasteiger partial charge is 0.746 e. The van der Waals surface area contributed by atoms with E-state index >= 15 is 0 Å². The fourth-order valence-electron chi connectivity index (χ4n) is 0.285. The highest BCUT2D eigenvalue weighted by Crippen LogP contribution is 2.05. The lowest BCUT2D eigenvalue weighted by Gasteiger charge is -2.22. The minimum atomic E-state index is -5.41. The van der Waals surface area contributed by atoms with Crippen molar-refractivity contribution < 1.29 is 36.2 Å². The van der Waals surface area contributed by atoms with Gasteiger partial charge in [0.15, 0.2) is 10.9 Å². The van der Waals surface area contributed by atoms with E-state index in [1.54, 1.807) is 0 Å². The summed E-state index contributed by atoms with van der Waals surface area (Å²) in [7, 11) is -10.8. The maximum Gasteiger partial charge on any atom is 0.182 e. The van der Waals surface area contributed by atoms with Crippen molar-refractivity contribution >= 4 is 20.2 Å². The van der Waals surface area contributed by atoms with Gasteiger partial charge in [0.25, 0.3) is 0 Å². The zero-order chi connectivity index (χ0) is 10.2. The molecule has 0 aromatic heterocycles. The summed E-state index contributed by atoms with van der Waals surface area (Å²) >= 11 is 0. The van der Waals surface area contributed by atoms with Crippen molar-refractivity contribution in [2.24, 2.45) is 0 Å². The molecule has 0 amide bonds. The first-order chi connectivity index (χ1) is 5.07. The molecular weight excluding hydrogens is 216 g/mol. The summed E-state index contributed by atoms with van der Waals surface area (Å²) in [5.41, 5.74) is -6.31. The van der Waals surface area contributed by atoms with Crippen LogP contribution in [0.3, 0.4) is 0 Å². The van der Waals surface area contributed by atoms with Crippen LogP contribution >= 0.6 is 0 Å². The maximum absolute atomic E-state index is 9.85. The van der Waals surface area contributed by atoms with Crippen LogP contribution in [0.25, 0.3) is 0 Å². The number of hydrogen-bond acceptors (Lipinski definition) is 8. The molecule has 0 spiro atoms. The van der Waals surface area contributed by atoms with Crippen molar-refractivity contribution in [1.29, 1.82) is 0 Å². The summed E-state index contributed by atoms with van der Waals surface area (Å²) in [6.45, 7) is 0. The standard InChI is InChI=1S/C2H6O8S2/c3-1(11(5,6)7)2(4)12(8,9)10/h1-4H,(H,5,6,7)(H,8,9,10)/p-2/t1-,2-/m0/s1. The Balaban J connectivity index is 4.89. The molecule has 0 aliphatic heterocycles. The van der Waals surface area contributed by atoms with E-state index in [2.05, 4.69) is 0 Å². The van der Waals surface area contributed by atoms with E-state index in [4.69, 9.17) is 10.2 Å². The van der Waals surface area contributed by atoms with Crippen molar-refractivity contribution in [3.63, 3.8) is 0 Å². The Labute approximate surface area is 67.9 Å². The molecule has 0 bridgehead atoms. The third kappa shape index (κ3) is 3.00. The van der Waals surface area contributed by atoms with Crippen LogP contribution in [0.5, 0.6) is 0 Å². The molecule has 74 valence electrons. The molecule has 0 radical (unpaired) electrons. The average Bonchev–Trinajstić information content (AvgIpc) is 1.80. The molecule has 2 N–H and O–H groups in total. The molecule has 8 nitrogen and oxygen atoms in total. The molecule has 0 heterocycles. The topological polar surface area (TPSA) is 155 Å². The van der Waals surface area contributed by atoms with Crippen LogP contribution in [0.15, 0.2) is 0 Å². The molecule has 0 fully saturated rings. The molecule has 0 aromatic carbocycles. The van der Waals surface area contributed by atoms with Gasteiger partial charge in [0.1, 0.15) is 20.2 Å². The molecule has 0 aliphatic rings. The van der Waals surface area contributed by atoms with Crippen LogP contribution in [-0.2, 0) is 20.2 Å². The summed E-state index contributed by atoms with van der Waals surface area (Å²) in [5, 5.41) is 16.5. The van der Waals surface area contributed by atoms with E-state index < -0.39 is 31.1 Å². The minimum Gasteiger partial charge on any atom is -0.746 e. The van der Waals surface area contributed by atoms with Gasteiger partial charge in [0.2, 0.25) is 0 Å². The first-order valence-corrected chi connectivity index (χ1v) is 5.26. The highest BCUT2D eigenvalue weighted by atomic mass is 32.2. The second-order valence-corrected chi connectivity index (χ2v) is 4.70. The number of hydrogen-bond donors (Lipinski definition) is 2. The second-order valence-electron chi connectivity index (χ2n) is 1.77. The zero-order valence-electron chi connectivity index (χ0n) is 5.32. The number of aliphatic hydroxyl groups excluding tert-OH is 2. The van der Waals surface area contributed by atoms with E-state index in [0.717, 1.165) is 0 Å². The molecule has 0 saturated heterocycles. The van der Waals surface area contributed by atoms with E-state index in [-0.39, 0.29) is 0 Å². The van der Waals surface area contributed by atoms with Crippen LogP contribution < -0.4 is 0 Å². The van der Waals surface area contributed by atoms with Crippen LogP contribution in [0, 0.1) is 0 Å². The fourth-order valence-corrected chi connectivity index (χ4v) is 1.67. The van der Waals surface area contributed by atoms with Gasteiger partial charge >= 0.3 is 0 Å². The predicted molar refractivity (Wildman–Crippen MR) is 31.4 cm³/mol. The second kappa shape index (κ2) is 3.24. The van der Waals surface area contributed by atoms with Crippen molar-refractivity contribution in [3.8, 4) is 0 Å². The van der Waals surface area contributed by atoms with Crippen LogP contribution in [0.4, 0.5) is 0 Å². The Morgan fingerprint density at radius 2 is 1.00 bits per heavy atom. The summed E-state index contributed by atoms with van der Waals surface area (Å²) in [4.78, 5) is 0. The number of rotatable bonds is 3. The van der Waals surface area contributed by atoms with E-state index in [0.29, 0.717) is 0 Å². The van der Waals surface area contributed by atoms with Gasteiger partial charge in [0.05, 0.1) is 0 Å². The van der Waals surface area contributed by atoms with E-state index in [1.807, 2.05) is 0 Å². The van der Waals surface area contributed by atoms with Crippen molar-refractivity contribution in [2.45, 2.75) is 10.9 Å². The molecule has 0 aliphatic carbocycles. The summed E-state index contributed by atoms with van der Waals surface area (Å²) in [6.07, 6.45) is 0. The lowest BCUT2D eigenvalue weighted by Crippen LogP contribution is -2.39. The Bertz CT molecular complexity index is 299. The highest BCUT2D eigenvalue weighted by molar-refractivity contribution is 7.90. The van der Waals surface area contributed by atoms with E-state index in [9.17, 15) is 25.9 Å². The van der Waals surface area contributed by atoms with Gasteiger partial charge in [-0.05, 0) is 0 Å². The quantitative estimate of drug-likeness (QED) is 0.469. The van der Waals surface area contributed by atoms with Gasteiger partial charge in [-0.25, -0.2) is 16.8 Å². The third-order valence-electron chi connectivity index (χ3n) is 0.835. The van der Waals surface area contributed by atoms with Crippen molar-refractivity contribution in [3.05, 3.63) is 0 Å². The van der Waals surface area contributed by atoms with E-state index in [1.165, 1.54) is 0 Å². The summed E-state index contributed by atoms with van der Waals surface area (Å²) in [6, 6.07) is 0. The van der Waals surface area contributed by atoms with Gasteiger partial charge in [0, 0.05) is 0 Å². The Morgan fingerprint density at radius 1 is 0.833 bits per heavy atom. The van der Waals surface area contributed by atoms with Gasteiger partial charge in [-0.15, -0.1) is 0 Å². The van der Waals surface area contributed by atoms with Gasteiger partial charge in [-0.1, -0.05) is 0 Å². The number of aliphatic hydroxyl groups is 2. The molecule has 0 unspecified atom stereocenters. The third-order valence-corrected chi connectivity index (χ3v) is 2.71. The minimum absolute atomic E-state index is 3.15. The highest BCUT2D eigenvalue weighted by Gasteiger charge is 2.27. The van der Waals surface area contributed by atoms with Crippen molar-refractivity contribution in [1.82, 2.24) is 0 Å². The molecule has 0 rings (SSSR count). The molecular formula is C2H4O8S2-2. The van der Waals surface area contributed by atoms with Gasteiger partial charge in [-0.2, -0.15) is 0 Å². The smallest absolute Gasteiger partial charge is 0.182 e. The van der Waals surface area contributed by atoms with Crippen molar-refractivity contribution in [2.75, 3.05) is 0 Å². The Hall–Kier alpha value is -0.260. The fraction of sp³-hybridized carbons (Fsp3) is 1.00. The SMILES string of the molecule is O=S(=O)([O-])[C@H](O)[C@@H](O)S(=O)(=O)[O-]. The van der Waals surface area contributed by atoms with Gasteiger partial charge in [-0.3, -0.25) is 0 Å². The molecule has 0 aromatic rings. The molecule has 2 atom stereocenters. The lowest BCUT2D eigenvalue weighted by atomic mass is 10.8. The average molecular weight is 220 g/mol. The monoisotopic (exact) mass is 220 g/mol.